The van der Waals surface area contributed by atoms with E-state index in [1.807, 2.05) is 0 Å². The second-order valence-electron chi connectivity index (χ2n) is 5.57. The SMILES string of the molecule is ClCCN1CCCN(C2CCCCCC2)CC1. The van der Waals surface area contributed by atoms with Gasteiger partial charge < -0.3 is 4.90 Å². The van der Waals surface area contributed by atoms with Gasteiger partial charge in [0.2, 0.25) is 0 Å². The van der Waals surface area contributed by atoms with E-state index in [9.17, 15) is 0 Å². The summed E-state index contributed by atoms with van der Waals surface area (Å²) in [5, 5.41) is 0. The smallest absolute Gasteiger partial charge is 0.0351 e. The van der Waals surface area contributed by atoms with Gasteiger partial charge in [-0.05, 0) is 32.4 Å². The zero-order valence-electron chi connectivity index (χ0n) is 11.0. The van der Waals surface area contributed by atoms with Crippen LogP contribution in [0.25, 0.3) is 0 Å². The molecule has 1 aliphatic carbocycles. The maximum atomic E-state index is 5.84. The summed E-state index contributed by atoms with van der Waals surface area (Å²) >= 11 is 5.84. The molecule has 0 amide bonds. The highest BCUT2D eigenvalue weighted by atomic mass is 35.5. The second-order valence-corrected chi connectivity index (χ2v) is 5.94. The molecule has 0 aromatic heterocycles. The van der Waals surface area contributed by atoms with E-state index < -0.39 is 0 Å². The van der Waals surface area contributed by atoms with Gasteiger partial charge in [-0.25, -0.2) is 0 Å². The van der Waals surface area contributed by atoms with Gasteiger partial charge in [0.05, 0.1) is 0 Å². The van der Waals surface area contributed by atoms with Crippen LogP contribution in [0.1, 0.15) is 44.9 Å². The van der Waals surface area contributed by atoms with E-state index >= 15 is 0 Å². The van der Waals surface area contributed by atoms with Crippen molar-refractivity contribution in [2.24, 2.45) is 0 Å². The quantitative estimate of drug-likeness (QED) is 0.567. The summed E-state index contributed by atoms with van der Waals surface area (Å²) in [7, 11) is 0. The van der Waals surface area contributed by atoms with Crippen molar-refractivity contribution in [3.05, 3.63) is 0 Å². The predicted octanol–water partition coefficient (Wildman–Crippen LogP) is 2.96. The van der Waals surface area contributed by atoms with Gasteiger partial charge in [0.1, 0.15) is 0 Å². The molecule has 2 rings (SSSR count). The van der Waals surface area contributed by atoms with Crippen molar-refractivity contribution in [1.29, 1.82) is 0 Å². The number of halogens is 1. The molecule has 100 valence electrons. The third-order valence-electron chi connectivity index (χ3n) is 4.36. The van der Waals surface area contributed by atoms with Crippen molar-refractivity contribution >= 4 is 11.6 Å². The van der Waals surface area contributed by atoms with E-state index in [0.717, 1.165) is 18.5 Å². The Labute approximate surface area is 111 Å². The number of hydrogen-bond donors (Lipinski definition) is 0. The average molecular weight is 259 g/mol. The van der Waals surface area contributed by atoms with E-state index in [1.54, 1.807) is 0 Å². The van der Waals surface area contributed by atoms with Crippen molar-refractivity contribution in [3.63, 3.8) is 0 Å². The van der Waals surface area contributed by atoms with Crippen LogP contribution in [0.5, 0.6) is 0 Å². The fraction of sp³-hybridized carbons (Fsp3) is 1.00. The van der Waals surface area contributed by atoms with Crippen molar-refractivity contribution in [2.45, 2.75) is 51.0 Å². The highest BCUT2D eigenvalue weighted by Crippen LogP contribution is 2.22. The number of alkyl halides is 1. The highest BCUT2D eigenvalue weighted by Gasteiger charge is 2.22. The largest absolute Gasteiger partial charge is 0.301 e. The summed E-state index contributed by atoms with van der Waals surface area (Å²) in [6.45, 7) is 6.12. The van der Waals surface area contributed by atoms with Crippen LogP contribution in [0.15, 0.2) is 0 Å². The molecule has 0 spiro atoms. The van der Waals surface area contributed by atoms with Crippen LogP contribution < -0.4 is 0 Å². The first-order valence-corrected chi connectivity index (χ1v) is 7.96. The Bertz CT molecular complexity index is 202. The fourth-order valence-electron chi connectivity index (χ4n) is 3.32. The van der Waals surface area contributed by atoms with Gasteiger partial charge in [-0.2, -0.15) is 0 Å². The van der Waals surface area contributed by atoms with Crippen molar-refractivity contribution < 1.29 is 0 Å². The molecule has 0 aromatic carbocycles. The Morgan fingerprint density at radius 2 is 1.59 bits per heavy atom. The summed E-state index contributed by atoms with van der Waals surface area (Å²) in [4.78, 5) is 5.29. The van der Waals surface area contributed by atoms with Crippen molar-refractivity contribution in [2.75, 3.05) is 38.6 Å². The molecule has 0 unspecified atom stereocenters. The van der Waals surface area contributed by atoms with Crippen LogP contribution in [-0.4, -0.2) is 54.4 Å². The van der Waals surface area contributed by atoms with Gasteiger partial charge >= 0.3 is 0 Å². The van der Waals surface area contributed by atoms with Gasteiger partial charge in [-0.1, -0.05) is 25.7 Å². The molecule has 2 fully saturated rings. The summed E-state index contributed by atoms with van der Waals surface area (Å²) in [6, 6.07) is 0.883. The number of hydrogen-bond acceptors (Lipinski definition) is 2. The van der Waals surface area contributed by atoms with Crippen LogP contribution in [-0.2, 0) is 0 Å². The monoisotopic (exact) mass is 258 g/mol. The van der Waals surface area contributed by atoms with Crippen LogP contribution in [0.2, 0.25) is 0 Å². The zero-order chi connectivity index (χ0) is 11.9. The molecule has 17 heavy (non-hydrogen) atoms. The van der Waals surface area contributed by atoms with E-state index in [1.165, 1.54) is 71.1 Å². The lowest BCUT2D eigenvalue weighted by Gasteiger charge is -2.29. The van der Waals surface area contributed by atoms with Gasteiger partial charge in [0, 0.05) is 31.6 Å². The fourth-order valence-corrected chi connectivity index (χ4v) is 3.56. The summed E-state index contributed by atoms with van der Waals surface area (Å²) in [5.74, 6) is 0.781. The molecule has 2 nitrogen and oxygen atoms in total. The molecule has 2 aliphatic rings. The van der Waals surface area contributed by atoms with E-state index in [0.29, 0.717) is 0 Å². The molecule has 0 atom stereocenters. The minimum absolute atomic E-state index is 0.781. The van der Waals surface area contributed by atoms with Crippen molar-refractivity contribution in [3.8, 4) is 0 Å². The summed E-state index contributed by atoms with van der Waals surface area (Å²) in [5.41, 5.74) is 0. The lowest BCUT2D eigenvalue weighted by atomic mass is 10.1. The maximum absolute atomic E-state index is 5.84. The third kappa shape index (κ3) is 4.42. The molecular weight excluding hydrogens is 232 g/mol. The molecule has 1 heterocycles. The Hall–Kier alpha value is 0.210. The lowest BCUT2D eigenvalue weighted by Crippen LogP contribution is -2.38. The molecule has 1 saturated carbocycles. The van der Waals surface area contributed by atoms with E-state index in [-0.39, 0.29) is 0 Å². The Morgan fingerprint density at radius 3 is 2.29 bits per heavy atom. The average Bonchev–Trinajstić information content (AvgIpc) is 2.71. The highest BCUT2D eigenvalue weighted by molar-refractivity contribution is 6.18. The second kappa shape index (κ2) is 7.60. The zero-order valence-corrected chi connectivity index (χ0v) is 11.8. The molecule has 3 heteroatoms. The van der Waals surface area contributed by atoms with Gasteiger partial charge in [-0.15, -0.1) is 11.6 Å². The van der Waals surface area contributed by atoms with Crippen LogP contribution >= 0.6 is 11.6 Å². The first-order valence-electron chi connectivity index (χ1n) is 7.42. The minimum Gasteiger partial charge on any atom is -0.301 e. The maximum Gasteiger partial charge on any atom is 0.0351 e. The number of rotatable bonds is 3. The Balaban J connectivity index is 1.80. The van der Waals surface area contributed by atoms with E-state index in [4.69, 9.17) is 11.6 Å². The number of nitrogens with zero attached hydrogens (tertiary/aromatic N) is 2. The van der Waals surface area contributed by atoms with E-state index in [2.05, 4.69) is 9.80 Å². The van der Waals surface area contributed by atoms with Gasteiger partial charge in [-0.3, -0.25) is 4.90 Å². The minimum atomic E-state index is 0.781. The standard InChI is InChI=1S/C14H27ClN2/c15-8-11-16-9-5-10-17(13-12-16)14-6-3-1-2-4-7-14/h14H,1-13H2. The topological polar surface area (TPSA) is 6.48 Å². The first-order chi connectivity index (χ1) is 8.40. The Kier molecular flexibility index (Phi) is 6.10. The normalized spacial score (nSPS) is 26.6. The van der Waals surface area contributed by atoms with Crippen LogP contribution in [0.3, 0.4) is 0 Å². The molecular formula is C14H27ClN2. The molecule has 0 N–H and O–H groups in total. The lowest BCUT2D eigenvalue weighted by molar-refractivity contribution is 0.182. The van der Waals surface area contributed by atoms with Crippen molar-refractivity contribution in [1.82, 2.24) is 9.80 Å². The summed E-state index contributed by atoms with van der Waals surface area (Å²) < 4.78 is 0. The predicted molar refractivity (Wildman–Crippen MR) is 74.8 cm³/mol. The van der Waals surface area contributed by atoms with Gasteiger partial charge in [0.25, 0.3) is 0 Å². The third-order valence-corrected chi connectivity index (χ3v) is 4.53. The first kappa shape index (κ1) is 13.6. The van der Waals surface area contributed by atoms with Gasteiger partial charge in [0.15, 0.2) is 0 Å². The Morgan fingerprint density at radius 1 is 0.824 bits per heavy atom. The molecule has 0 aromatic rings. The van der Waals surface area contributed by atoms with Crippen LogP contribution in [0, 0.1) is 0 Å². The molecule has 0 bridgehead atoms. The van der Waals surface area contributed by atoms with Crippen LogP contribution in [0.4, 0.5) is 0 Å². The molecule has 1 saturated heterocycles. The molecule has 0 radical (unpaired) electrons. The summed E-state index contributed by atoms with van der Waals surface area (Å²) in [6.07, 6.45) is 10.0. The molecule has 1 aliphatic heterocycles.